The number of nitrogens with zero attached hydrogens (tertiary/aromatic N) is 1. The average molecular weight is 315 g/mol. The molecule has 3 N–H and O–H groups in total. The maximum absolute atomic E-state index is 12.2. The number of carbonyl (C=O) groups excluding carboxylic acids is 1. The predicted octanol–water partition coefficient (Wildman–Crippen LogP) is 0.982. The average Bonchev–Trinajstić information content (AvgIpc) is 2.91. The number of hydrogen-bond acceptors (Lipinski definition) is 7. The van der Waals surface area contributed by atoms with Crippen molar-refractivity contribution in [3.63, 3.8) is 0 Å². The molecule has 1 heterocycles. The molecule has 3 atom stereocenters. The Hall–Kier alpha value is -1.48. The van der Waals surface area contributed by atoms with Gasteiger partial charge in [0.05, 0.1) is 24.3 Å². The molecule has 0 aliphatic heterocycles. The summed E-state index contributed by atoms with van der Waals surface area (Å²) in [4.78, 5) is 16.8. The number of rotatable bonds is 10. The Morgan fingerprint density at radius 2 is 2.23 bits per heavy atom. The van der Waals surface area contributed by atoms with Gasteiger partial charge in [-0.2, -0.15) is 0 Å². The first-order valence-electron chi connectivity index (χ1n) is 7.24. The standard InChI is InChI=1S/C14H25N3O5/c1-9(5-6-12-7-10(2)16-22-12)15-14(18)11(3)13(20-4)8-21-17-19/h7,9,11,13,17,19H,5-6,8H2,1-4H3,(H,15,18). The Kier molecular flexibility index (Phi) is 8.03. The molecule has 0 saturated heterocycles. The van der Waals surface area contributed by atoms with Gasteiger partial charge in [-0.1, -0.05) is 17.7 Å². The fraction of sp³-hybridized carbons (Fsp3) is 0.714. The first-order valence-corrected chi connectivity index (χ1v) is 7.24. The van der Waals surface area contributed by atoms with Crippen LogP contribution in [0.1, 0.15) is 31.7 Å². The van der Waals surface area contributed by atoms with Gasteiger partial charge in [0, 0.05) is 25.6 Å². The van der Waals surface area contributed by atoms with Crippen molar-refractivity contribution >= 4 is 5.91 Å². The van der Waals surface area contributed by atoms with Crippen molar-refractivity contribution in [1.82, 2.24) is 16.1 Å². The molecule has 22 heavy (non-hydrogen) atoms. The molecule has 1 amide bonds. The second kappa shape index (κ2) is 9.52. The van der Waals surface area contributed by atoms with E-state index in [2.05, 4.69) is 15.3 Å². The maximum atomic E-state index is 12.2. The van der Waals surface area contributed by atoms with E-state index < -0.39 is 12.0 Å². The highest BCUT2D eigenvalue weighted by Gasteiger charge is 2.25. The van der Waals surface area contributed by atoms with Gasteiger partial charge in [-0.3, -0.25) is 14.8 Å². The highest BCUT2D eigenvalue weighted by molar-refractivity contribution is 5.79. The number of nitrogens with one attached hydrogen (secondary N) is 2. The molecule has 1 aromatic heterocycles. The largest absolute Gasteiger partial charge is 0.378 e. The zero-order valence-corrected chi connectivity index (χ0v) is 13.5. The Bertz CT molecular complexity index is 451. The molecule has 3 unspecified atom stereocenters. The van der Waals surface area contributed by atoms with Crippen molar-refractivity contribution in [3.05, 3.63) is 17.5 Å². The van der Waals surface area contributed by atoms with Gasteiger partial charge in [0.25, 0.3) is 0 Å². The van der Waals surface area contributed by atoms with E-state index in [1.54, 1.807) is 12.6 Å². The van der Waals surface area contributed by atoms with E-state index in [4.69, 9.17) is 14.5 Å². The first kappa shape index (κ1) is 18.6. The van der Waals surface area contributed by atoms with Gasteiger partial charge < -0.3 is 14.6 Å². The Labute approximate surface area is 130 Å². The third-order valence-electron chi connectivity index (χ3n) is 3.48. The fourth-order valence-electron chi connectivity index (χ4n) is 2.04. The van der Waals surface area contributed by atoms with Crippen molar-refractivity contribution < 1.29 is 24.1 Å². The van der Waals surface area contributed by atoms with Crippen LogP contribution in [0, 0.1) is 12.8 Å². The van der Waals surface area contributed by atoms with Crippen molar-refractivity contribution in [2.24, 2.45) is 5.92 Å². The molecular formula is C14H25N3O5. The number of ether oxygens (including phenoxy) is 1. The molecule has 0 bridgehead atoms. The lowest BCUT2D eigenvalue weighted by molar-refractivity contribution is -0.161. The molecule has 0 saturated carbocycles. The molecule has 1 rings (SSSR count). The highest BCUT2D eigenvalue weighted by atomic mass is 16.8. The molecule has 0 aliphatic rings. The summed E-state index contributed by atoms with van der Waals surface area (Å²) in [6, 6.07) is 1.88. The van der Waals surface area contributed by atoms with Crippen LogP contribution in [0.15, 0.2) is 10.6 Å². The van der Waals surface area contributed by atoms with Crippen LogP contribution in [0.3, 0.4) is 0 Å². The normalized spacial score (nSPS) is 15.3. The Balaban J connectivity index is 2.38. The van der Waals surface area contributed by atoms with Crippen molar-refractivity contribution in [2.75, 3.05) is 13.7 Å². The zero-order valence-electron chi connectivity index (χ0n) is 13.5. The smallest absolute Gasteiger partial charge is 0.225 e. The van der Waals surface area contributed by atoms with Crippen molar-refractivity contribution in [2.45, 2.75) is 45.8 Å². The monoisotopic (exact) mass is 315 g/mol. The van der Waals surface area contributed by atoms with E-state index in [0.717, 1.165) is 17.9 Å². The molecule has 0 fully saturated rings. The summed E-state index contributed by atoms with van der Waals surface area (Å²) >= 11 is 0. The second-order valence-corrected chi connectivity index (χ2v) is 5.35. The lowest BCUT2D eigenvalue weighted by Gasteiger charge is -2.23. The van der Waals surface area contributed by atoms with Gasteiger partial charge in [0.15, 0.2) is 0 Å². The summed E-state index contributed by atoms with van der Waals surface area (Å²) in [5.41, 5.74) is 2.43. The summed E-state index contributed by atoms with van der Waals surface area (Å²) in [6.07, 6.45) is 1.00. The van der Waals surface area contributed by atoms with E-state index in [0.29, 0.717) is 6.42 Å². The van der Waals surface area contributed by atoms with E-state index in [-0.39, 0.29) is 18.6 Å². The van der Waals surface area contributed by atoms with Gasteiger partial charge in [0.1, 0.15) is 5.76 Å². The molecule has 0 aromatic carbocycles. The number of hydrogen-bond donors (Lipinski definition) is 3. The van der Waals surface area contributed by atoms with Crippen LogP contribution >= 0.6 is 0 Å². The first-order chi connectivity index (χ1) is 10.5. The third-order valence-corrected chi connectivity index (χ3v) is 3.48. The molecule has 1 aromatic rings. The lowest BCUT2D eigenvalue weighted by atomic mass is 10.0. The van der Waals surface area contributed by atoms with Crippen LogP contribution in [0.2, 0.25) is 0 Å². The number of aryl methyl sites for hydroxylation is 2. The van der Waals surface area contributed by atoms with Crippen LogP contribution < -0.4 is 11.0 Å². The SMILES string of the molecule is COC(CONO)C(C)C(=O)NC(C)CCc1cc(C)no1. The van der Waals surface area contributed by atoms with Crippen molar-refractivity contribution in [3.8, 4) is 0 Å². The number of aromatic nitrogens is 1. The number of amides is 1. The van der Waals surface area contributed by atoms with E-state index >= 15 is 0 Å². The molecule has 0 spiro atoms. The maximum Gasteiger partial charge on any atom is 0.225 e. The quantitative estimate of drug-likeness (QED) is 0.553. The van der Waals surface area contributed by atoms with Gasteiger partial charge in [-0.25, -0.2) is 0 Å². The Morgan fingerprint density at radius 1 is 1.50 bits per heavy atom. The van der Waals surface area contributed by atoms with Crippen LogP contribution in [-0.4, -0.2) is 42.1 Å². The van der Waals surface area contributed by atoms with Crippen LogP contribution in [-0.2, 0) is 20.8 Å². The van der Waals surface area contributed by atoms with Gasteiger partial charge in [-0.05, 0) is 20.3 Å². The van der Waals surface area contributed by atoms with Crippen LogP contribution in [0.5, 0.6) is 0 Å². The topological polar surface area (TPSA) is 106 Å². The van der Waals surface area contributed by atoms with Gasteiger partial charge in [0.2, 0.25) is 5.91 Å². The number of methoxy groups -OCH3 is 1. The van der Waals surface area contributed by atoms with E-state index in [1.807, 2.05) is 19.9 Å². The van der Waals surface area contributed by atoms with Crippen LogP contribution in [0.4, 0.5) is 0 Å². The highest BCUT2D eigenvalue weighted by Crippen LogP contribution is 2.10. The summed E-state index contributed by atoms with van der Waals surface area (Å²) in [6.45, 7) is 5.61. The van der Waals surface area contributed by atoms with Crippen molar-refractivity contribution in [1.29, 1.82) is 0 Å². The predicted molar refractivity (Wildman–Crippen MR) is 78.0 cm³/mol. The zero-order chi connectivity index (χ0) is 16.5. The Morgan fingerprint density at radius 3 is 2.77 bits per heavy atom. The minimum atomic E-state index is -0.455. The number of carbonyl (C=O) groups is 1. The molecule has 0 aliphatic carbocycles. The van der Waals surface area contributed by atoms with Crippen LogP contribution in [0.25, 0.3) is 0 Å². The summed E-state index contributed by atoms with van der Waals surface area (Å²) in [5.74, 6) is 0.270. The molecule has 0 radical (unpaired) electrons. The van der Waals surface area contributed by atoms with E-state index in [1.165, 1.54) is 7.11 Å². The van der Waals surface area contributed by atoms with Gasteiger partial charge in [-0.15, -0.1) is 0 Å². The summed E-state index contributed by atoms with van der Waals surface area (Å²) in [5, 5.41) is 15.2. The molecule has 126 valence electrons. The third kappa shape index (κ3) is 6.10. The van der Waals surface area contributed by atoms with E-state index in [9.17, 15) is 4.79 Å². The minimum Gasteiger partial charge on any atom is -0.378 e. The second-order valence-electron chi connectivity index (χ2n) is 5.35. The molecule has 8 heteroatoms. The summed E-state index contributed by atoms with van der Waals surface area (Å²) < 4.78 is 10.3. The fourth-order valence-corrected chi connectivity index (χ4v) is 2.04. The summed E-state index contributed by atoms with van der Waals surface area (Å²) in [7, 11) is 1.49. The molecule has 8 nitrogen and oxygen atoms in total. The lowest BCUT2D eigenvalue weighted by Crippen LogP contribution is -2.43. The minimum absolute atomic E-state index is 0.00486. The van der Waals surface area contributed by atoms with Gasteiger partial charge >= 0.3 is 0 Å². The molecular weight excluding hydrogens is 290 g/mol.